The maximum Gasteiger partial charge on any atom is 0.390 e. The Hall–Kier alpha value is -1.60. The topological polar surface area (TPSA) is 32.8 Å². The summed E-state index contributed by atoms with van der Waals surface area (Å²) in [6, 6.07) is 9.83. The molecule has 0 N–H and O–H groups in total. The van der Waals surface area contributed by atoms with Crippen LogP contribution in [-0.4, -0.2) is 61.3 Å². The molecule has 1 aromatic rings. The fourth-order valence-electron chi connectivity index (χ4n) is 2.49. The number of benzene rings is 1. The molecular formula is C16H21F3N2O2. The van der Waals surface area contributed by atoms with Crippen molar-refractivity contribution < 1.29 is 22.7 Å². The van der Waals surface area contributed by atoms with Crippen LogP contribution in [0.5, 0.6) is 0 Å². The molecule has 2 rings (SSSR count). The molecule has 1 fully saturated rings. The number of ether oxygens (including phenoxy) is 1. The fraction of sp³-hybridized carbons (Fsp3) is 0.562. The van der Waals surface area contributed by atoms with E-state index in [0.29, 0.717) is 26.2 Å². The lowest BCUT2D eigenvalue weighted by atomic mass is 10.2. The highest BCUT2D eigenvalue weighted by atomic mass is 19.4. The minimum absolute atomic E-state index is 0.346. The van der Waals surface area contributed by atoms with E-state index < -0.39 is 24.6 Å². The zero-order chi connectivity index (χ0) is 16.9. The molecule has 0 radical (unpaired) electrons. The SMILES string of the molecule is CN(CCC(F)(F)F)C(=O)[C@@H]1CN(Cc2ccccc2)CCO1. The highest BCUT2D eigenvalue weighted by Crippen LogP contribution is 2.20. The van der Waals surface area contributed by atoms with E-state index in [2.05, 4.69) is 4.90 Å². The summed E-state index contributed by atoms with van der Waals surface area (Å²) in [5, 5.41) is 0. The summed E-state index contributed by atoms with van der Waals surface area (Å²) in [5.74, 6) is -0.396. The van der Waals surface area contributed by atoms with E-state index in [-0.39, 0.29) is 6.54 Å². The predicted octanol–water partition coefficient (Wildman–Crippen LogP) is 2.30. The number of rotatable bonds is 5. The lowest BCUT2D eigenvalue weighted by molar-refractivity contribution is -0.155. The molecule has 1 saturated heterocycles. The van der Waals surface area contributed by atoms with Gasteiger partial charge in [0, 0.05) is 33.2 Å². The standard InChI is InChI=1S/C16H21F3N2O2/c1-20(8-7-16(17,18)19)15(22)14-12-21(9-10-23-14)11-13-5-3-2-4-6-13/h2-6,14H,7-12H2,1H3/t14-/m0/s1. The number of halogens is 3. The van der Waals surface area contributed by atoms with Crippen molar-refractivity contribution in [2.24, 2.45) is 0 Å². The van der Waals surface area contributed by atoms with Gasteiger partial charge in [0.05, 0.1) is 13.0 Å². The molecule has 23 heavy (non-hydrogen) atoms. The van der Waals surface area contributed by atoms with Crippen LogP contribution in [0, 0.1) is 0 Å². The highest BCUT2D eigenvalue weighted by molar-refractivity contribution is 5.81. The third kappa shape index (κ3) is 5.84. The van der Waals surface area contributed by atoms with Crippen LogP contribution >= 0.6 is 0 Å². The zero-order valence-corrected chi connectivity index (χ0v) is 13.1. The van der Waals surface area contributed by atoms with Crippen LogP contribution in [0.1, 0.15) is 12.0 Å². The van der Waals surface area contributed by atoms with Gasteiger partial charge >= 0.3 is 6.18 Å². The van der Waals surface area contributed by atoms with Crippen molar-refractivity contribution in [1.29, 1.82) is 0 Å². The summed E-state index contributed by atoms with van der Waals surface area (Å²) in [6.45, 7) is 1.84. The van der Waals surface area contributed by atoms with Crippen molar-refractivity contribution in [3.05, 3.63) is 35.9 Å². The first-order valence-electron chi connectivity index (χ1n) is 7.55. The number of likely N-dealkylation sites (N-methyl/N-ethyl adjacent to an activating group) is 1. The van der Waals surface area contributed by atoms with Gasteiger partial charge in [-0.05, 0) is 5.56 Å². The van der Waals surface area contributed by atoms with Gasteiger partial charge in [-0.1, -0.05) is 30.3 Å². The Morgan fingerprint density at radius 3 is 2.70 bits per heavy atom. The third-order valence-corrected chi connectivity index (χ3v) is 3.78. The van der Waals surface area contributed by atoms with Gasteiger partial charge in [0.1, 0.15) is 6.10 Å². The number of morpholine rings is 1. The highest BCUT2D eigenvalue weighted by Gasteiger charge is 2.32. The van der Waals surface area contributed by atoms with E-state index in [0.717, 1.165) is 10.5 Å². The molecule has 1 heterocycles. The minimum atomic E-state index is -4.26. The van der Waals surface area contributed by atoms with Crippen molar-refractivity contribution in [1.82, 2.24) is 9.80 Å². The summed E-state index contributed by atoms with van der Waals surface area (Å²) in [5.41, 5.74) is 1.13. The predicted molar refractivity (Wildman–Crippen MR) is 79.8 cm³/mol. The second kappa shape index (κ2) is 7.79. The molecule has 1 atom stereocenters. The van der Waals surface area contributed by atoms with Crippen LogP contribution in [0.15, 0.2) is 30.3 Å². The van der Waals surface area contributed by atoms with Gasteiger partial charge in [-0.3, -0.25) is 9.69 Å². The monoisotopic (exact) mass is 330 g/mol. The van der Waals surface area contributed by atoms with Gasteiger partial charge in [0.25, 0.3) is 5.91 Å². The lowest BCUT2D eigenvalue weighted by Crippen LogP contribution is -2.50. The first kappa shape index (κ1) is 17.7. The molecule has 4 nitrogen and oxygen atoms in total. The van der Waals surface area contributed by atoms with Gasteiger partial charge in [0.15, 0.2) is 0 Å². The van der Waals surface area contributed by atoms with Crippen molar-refractivity contribution in [3.63, 3.8) is 0 Å². The van der Waals surface area contributed by atoms with E-state index in [1.807, 2.05) is 30.3 Å². The molecule has 1 aliphatic rings. The van der Waals surface area contributed by atoms with Gasteiger partial charge in [-0.25, -0.2) is 0 Å². The Bertz CT molecular complexity index is 508. The Kier molecular flexibility index (Phi) is 6.01. The minimum Gasteiger partial charge on any atom is -0.366 e. The van der Waals surface area contributed by atoms with Crippen LogP contribution in [0.4, 0.5) is 13.2 Å². The van der Waals surface area contributed by atoms with E-state index in [4.69, 9.17) is 4.74 Å². The van der Waals surface area contributed by atoms with E-state index in [9.17, 15) is 18.0 Å². The normalized spacial score (nSPS) is 19.6. The second-order valence-corrected chi connectivity index (χ2v) is 5.71. The fourth-order valence-corrected chi connectivity index (χ4v) is 2.49. The summed E-state index contributed by atoms with van der Waals surface area (Å²) in [4.78, 5) is 15.4. The van der Waals surface area contributed by atoms with Gasteiger partial charge in [-0.15, -0.1) is 0 Å². The average Bonchev–Trinajstić information content (AvgIpc) is 2.52. The molecule has 0 saturated carbocycles. The molecule has 1 aromatic carbocycles. The Labute approximate surface area is 133 Å². The van der Waals surface area contributed by atoms with Gasteiger partial charge < -0.3 is 9.64 Å². The van der Waals surface area contributed by atoms with Crippen molar-refractivity contribution in [2.45, 2.75) is 25.2 Å². The second-order valence-electron chi connectivity index (χ2n) is 5.71. The number of hydrogen-bond acceptors (Lipinski definition) is 3. The number of carbonyl (C=O) groups excluding carboxylic acids is 1. The maximum absolute atomic E-state index is 12.2. The molecule has 7 heteroatoms. The van der Waals surface area contributed by atoms with E-state index in [1.165, 1.54) is 7.05 Å². The third-order valence-electron chi connectivity index (χ3n) is 3.78. The quantitative estimate of drug-likeness (QED) is 0.830. The summed E-state index contributed by atoms with van der Waals surface area (Å²) in [6.07, 6.45) is -5.97. The Morgan fingerprint density at radius 1 is 1.35 bits per heavy atom. The Balaban J connectivity index is 1.86. The molecule has 0 unspecified atom stereocenters. The molecular weight excluding hydrogens is 309 g/mol. The van der Waals surface area contributed by atoms with Crippen molar-refractivity contribution in [2.75, 3.05) is 33.3 Å². The van der Waals surface area contributed by atoms with E-state index >= 15 is 0 Å². The van der Waals surface area contributed by atoms with E-state index in [1.54, 1.807) is 0 Å². The largest absolute Gasteiger partial charge is 0.390 e. The molecule has 1 amide bonds. The lowest BCUT2D eigenvalue weighted by Gasteiger charge is -2.34. The molecule has 0 spiro atoms. The summed E-state index contributed by atoms with van der Waals surface area (Å²) >= 11 is 0. The average molecular weight is 330 g/mol. The molecule has 1 aliphatic heterocycles. The van der Waals surface area contributed by atoms with Gasteiger partial charge in [0.2, 0.25) is 0 Å². The van der Waals surface area contributed by atoms with Crippen LogP contribution in [0.2, 0.25) is 0 Å². The number of nitrogens with zero attached hydrogens (tertiary/aromatic N) is 2. The van der Waals surface area contributed by atoms with Crippen LogP contribution in [-0.2, 0) is 16.1 Å². The van der Waals surface area contributed by atoms with Crippen LogP contribution < -0.4 is 0 Å². The molecule has 0 aliphatic carbocycles. The Morgan fingerprint density at radius 2 is 2.04 bits per heavy atom. The maximum atomic E-state index is 12.2. The number of amides is 1. The molecule has 128 valence electrons. The first-order chi connectivity index (χ1) is 10.8. The van der Waals surface area contributed by atoms with Gasteiger partial charge in [-0.2, -0.15) is 13.2 Å². The number of alkyl halides is 3. The number of hydrogen-bond donors (Lipinski definition) is 0. The molecule has 0 bridgehead atoms. The summed E-state index contributed by atoms with van der Waals surface area (Å²) < 4.78 is 42.2. The van der Waals surface area contributed by atoms with Crippen LogP contribution in [0.3, 0.4) is 0 Å². The zero-order valence-electron chi connectivity index (χ0n) is 13.1. The van der Waals surface area contributed by atoms with Crippen molar-refractivity contribution >= 4 is 5.91 Å². The van der Waals surface area contributed by atoms with Crippen LogP contribution in [0.25, 0.3) is 0 Å². The summed E-state index contributed by atoms with van der Waals surface area (Å²) in [7, 11) is 1.38. The number of carbonyl (C=O) groups is 1. The molecule has 0 aromatic heterocycles. The first-order valence-corrected chi connectivity index (χ1v) is 7.55. The van der Waals surface area contributed by atoms with Crippen molar-refractivity contribution in [3.8, 4) is 0 Å². The smallest absolute Gasteiger partial charge is 0.366 e.